The monoisotopic (exact) mass is 353 g/mol. The van der Waals surface area contributed by atoms with Gasteiger partial charge >= 0.3 is 0 Å². The Morgan fingerprint density at radius 3 is 2.69 bits per heavy atom. The highest BCUT2D eigenvalue weighted by atomic mass is 16.2. The molecule has 1 atom stereocenters. The summed E-state index contributed by atoms with van der Waals surface area (Å²) < 4.78 is 0. The van der Waals surface area contributed by atoms with Crippen LogP contribution in [0.3, 0.4) is 0 Å². The molecule has 1 unspecified atom stereocenters. The Kier molecular flexibility index (Phi) is 5.16. The molecule has 2 amide bonds. The third-order valence-corrected chi connectivity index (χ3v) is 4.33. The lowest BCUT2D eigenvalue weighted by atomic mass is 10.1. The van der Waals surface area contributed by atoms with Crippen LogP contribution in [-0.4, -0.2) is 42.4 Å². The lowest BCUT2D eigenvalue weighted by molar-refractivity contribution is -0.126. The second kappa shape index (κ2) is 7.51. The minimum Gasteiger partial charge on any atom is -0.363 e. The minimum atomic E-state index is -0.360. The van der Waals surface area contributed by atoms with E-state index in [4.69, 9.17) is 0 Å². The molecule has 2 heterocycles. The lowest BCUT2D eigenvalue weighted by Crippen LogP contribution is -2.33. The van der Waals surface area contributed by atoms with Gasteiger partial charge in [-0.15, -0.1) is 0 Å². The Labute approximate surface area is 153 Å². The van der Waals surface area contributed by atoms with Gasteiger partial charge < -0.3 is 15.1 Å². The maximum atomic E-state index is 12.5. The van der Waals surface area contributed by atoms with E-state index in [1.54, 1.807) is 4.90 Å². The van der Waals surface area contributed by atoms with Gasteiger partial charge in [0.1, 0.15) is 11.6 Å². The van der Waals surface area contributed by atoms with Gasteiger partial charge in [-0.2, -0.15) is 0 Å². The summed E-state index contributed by atoms with van der Waals surface area (Å²) in [6, 6.07) is 11.3. The second-order valence-electron chi connectivity index (χ2n) is 6.64. The van der Waals surface area contributed by atoms with Crippen LogP contribution in [0.5, 0.6) is 0 Å². The van der Waals surface area contributed by atoms with Crippen molar-refractivity contribution in [3.8, 4) is 0 Å². The summed E-state index contributed by atoms with van der Waals surface area (Å²) in [6.45, 7) is 2.54. The van der Waals surface area contributed by atoms with Gasteiger partial charge in [-0.3, -0.25) is 9.59 Å². The van der Waals surface area contributed by atoms with Gasteiger partial charge in [0.15, 0.2) is 0 Å². The molecule has 1 aliphatic heterocycles. The van der Waals surface area contributed by atoms with Crippen molar-refractivity contribution in [2.75, 3.05) is 30.4 Å². The smallest absolute Gasteiger partial charge is 0.227 e. The molecule has 1 fully saturated rings. The van der Waals surface area contributed by atoms with E-state index in [1.807, 2.05) is 62.3 Å². The number of hydrogen-bond donors (Lipinski definition) is 1. The van der Waals surface area contributed by atoms with Crippen molar-refractivity contribution in [1.82, 2.24) is 15.3 Å². The van der Waals surface area contributed by atoms with Crippen molar-refractivity contribution in [1.29, 1.82) is 0 Å². The summed E-state index contributed by atoms with van der Waals surface area (Å²) in [7, 11) is 3.82. The van der Waals surface area contributed by atoms with E-state index >= 15 is 0 Å². The predicted molar refractivity (Wildman–Crippen MR) is 99.8 cm³/mol. The van der Waals surface area contributed by atoms with Crippen LogP contribution >= 0.6 is 0 Å². The van der Waals surface area contributed by atoms with Crippen molar-refractivity contribution in [2.24, 2.45) is 5.92 Å². The average molecular weight is 353 g/mol. The maximum Gasteiger partial charge on any atom is 0.227 e. The van der Waals surface area contributed by atoms with Crippen molar-refractivity contribution in [3.05, 3.63) is 47.9 Å². The molecule has 136 valence electrons. The van der Waals surface area contributed by atoms with E-state index < -0.39 is 0 Å². The summed E-state index contributed by atoms with van der Waals surface area (Å²) in [5.74, 6) is 0.825. The molecule has 0 radical (unpaired) electrons. The first-order chi connectivity index (χ1) is 12.4. The van der Waals surface area contributed by atoms with Crippen molar-refractivity contribution in [3.63, 3.8) is 0 Å². The molecule has 1 aromatic heterocycles. The molecule has 1 aromatic carbocycles. The van der Waals surface area contributed by atoms with Gasteiger partial charge in [-0.1, -0.05) is 18.2 Å². The highest BCUT2D eigenvalue weighted by Gasteiger charge is 2.34. The zero-order valence-electron chi connectivity index (χ0n) is 15.3. The molecule has 0 bridgehead atoms. The fraction of sp³-hybridized carbons (Fsp3) is 0.368. The van der Waals surface area contributed by atoms with Gasteiger partial charge in [-0.05, 0) is 19.1 Å². The standard InChI is InChI=1S/C19H23N5O2/c1-13-9-17(23(2)3)22-16(21-13)11-20-19(26)14-10-18(25)24(12-14)15-7-5-4-6-8-15/h4-9,14H,10-12H2,1-3H3,(H,20,26). The van der Waals surface area contributed by atoms with Gasteiger partial charge in [0, 0.05) is 44.5 Å². The third-order valence-electron chi connectivity index (χ3n) is 4.33. The molecule has 26 heavy (non-hydrogen) atoms. The predicted octanol–water partition coefficient (Wildman–Crippen LogP) is 1.52. The molecule has 0 aliphatic carbocycles. The van der Waals surface area contributed by atoms with Crippen LogP contribution in [0.2, 0.25) is 0 Å². The number of nitrogens with one attached hydrogen (secondary N) is 1. The summed E-state index contributed by atoms with van der Waals surface area (Å²) in [5, 5.41) is 2.87. The van der Waals surface area contributed by atoms with E-state index in [0.29, 0.717) is 12.4 Å². The molecule has 2 aromatic rings. The minimum absolute atomic E-state index is 0.0296. The lowest BCUT2D eigenvalue weighted by Gasteiger charge is -2.16. The number of benzene rings is 1. The Morgan fingerprint density at radius 1 is 1.27 bits per heavy atom. The molecule has 7 heteroatoms. The van der Waals surface area contributed by atoms with Crippen molar-refractivity contribution in [2.45, 2.75) is 19.9 Å². The zero-order valence-corrected chi connectivity index (χ0v) is 15.3. The number of para-hydroxylation sites is 1. The van der Waals surface area contributed by atoms with E-state index in [1.165, 1.54) is 0 Å². The number of amides is 2. The molecular weight excluding hydrogens is 330 g/mol. The number of carbonyl (C=O) groups is 2. The largest absolute Gasteiger partial charge is 0.363 e. The number of aryl methyl sites for hydroxylation is 1. The van der Waals surface area contributed by atoms with E-state index in [9.17, 15) is 9.59 Å². The summed E-state index contributed by atoms with van der Waals surface area (Å²) in [5.41, 5.74) is 1.67. The fourth-order valence-electron chi connectivity index (χ4n) is 2.97. The first kappa shape index (κ1) is 17.8. The van der Waals surface area contributed by atoms with Gasteiger partial charge in [0.25, 0.3) is 0 Å². The molecule has 1 aliphatic rings. The van der Waals surface area contributed by atoms with Gasteiger partial charge in [0.2, 0.25) is 11.8 Å². The SMILES string of the molecule is Cc1cc(N(C)C)nc(CNC(=O)C2CC(=O)N(c3ccccc3)C2)n1. The Morgan fingerprint density at radius 2 is 2.00 bits per heavy atom. The number of anilines is 2. The molecular formula is C19H23N5O2. The third kappa shape index (κ3) is 3.99. The van der Waals surface area contributed by atoms with E-state index in [-0.39, 0.29) is 30.7 Å². The van der Waals surface area contributed by atoms with Crippen LogP contribution in [0.25, 0.3) is 0 Å². The van der Waals surface area contributed by atoms with Crippen LogP contribution in [-0.2, 0) is 16.1 Å². The van der Waals surface area contributed by atoms with Crippen molar-refractivity contribution >= 4 is 23.3 Å². The summed E-state index contributed by atoms with van der Waals surface area (Å²) >= 11 is 0. The quantitative estimate of drug-likeness (QED) is 0.882. The topological polar surface area (TPSA) is 78.4 Å². The van der Waals surface area contributed by atoms with E-state index in [0.717, 1.165) is 17.2 Å². The molecule has 0 spiro atoms. The highest BCUT2D eigenvalue weighted by molar-refractivity contribution is 6.00. The van der Waals surface area contributed by atoms with Crippen LogP contribution in [0, 0.1) is 12.8 Å². The van der Waals surface area contributed by atoms with Crippen molar-refractivity contribution < 1.29 is 9.59 Å². The maximum absolute atomic E-state index is 12.5. The second-order valence-corrected chi connectivity index (χ2v) is 6.64. The highest BCUT2D eigenvalue weighted by Crippen LogP contribution is 2.24. The van der Waals surface area contributed by atoms with E-state index in [2.05, 4.69) is 15.3 Å². The summed E-state index contributed by atoms with van der Waals surface area (Å²) in [4.78, 5) is 37.1. The molecule has 1 N–H and O–H groups in total. The number of aromatic nitrogens is 2. The fourth-order valence-corrected chi connectivity index (χ4v) is 2.97. The first-order valence-electron chi connectivity index (χ1n) is 8.59. The number of carbonyl (C=O) groups excluding carboxylic acids is 2. The Bertz CT molecular complexity index is 807. The van der Waals surface area contributed by atoms with Gasteiger partial charge in [0.05, 0.1) is 12.5 Å². The number of nitrogens with zero attached hydrogens (tertiary/aromatic N) is 4. The Hall–Kier alpha value is -2.96. The van der Waals surface area contributed by atoms with Crippen LogP contribution in [0.4, 0.5) is 11.5 Å². The number of rotatable bonds is 5. The van der Waals surface area contributed by atoms with Crippen LogP contribution in [0.15, 0.2) is 36.4 Å². The zero-order chi connectivity index (χ0) is 18.7. The van der Waals surface area contributed by atoms with Crippen LogP contribution < -0.4 is 15.1 Å². The number of hydrogen-bond acceptors (Lipinski definition) is 5. The van der Waals surface area contributed by atoms with Crippen LogP contribution in [0.1, 0.15) is 17.9 Å². The molecule has 7 nitrogen and oxygen atoms in total. The Balaban J connectivity index is 1.62. The molecule has 3 rings (SSSR count). The normalized spacial score (nSPS) is 16.7. The average Bonchev–Trinajstić information content (AvgIpc) is 3.02. The van der Waals surface area contributed by atoms with Gasteiger partial charge in [-0.25, -0.2) is 9.97 Å². The molecule has 0 saturated carbocycles. The molecule has 1 saturated heterocycles. The summed E-state index contributed by atoms with van der Waals surface area (Å²) in [6.07, 6.45) is 0.221. The first-order valence-corrected chi connectivity index (χ1v) is 8.59.